The largest absolute Gasteiger partial charge is 0.465 e. The highest BCUT2D eigenvalue weighted by Gasteiger charge is 2.31. The molecule has 0 rings (SSSR count). The van der Waals surface area contributed by atoms with Crippen molar-refractivity contribution in [1.29, 1.82) is 0 Å². The van der Waals surface area contributed by atoms with Crippen molar-refractivity contribution in [1.82, 2.24) is 0 Å². The Morgan fingerprint density at radius 2 is 1.48 bits per heavy atom. The minimum atomic E-state index is -4.37. The minimum Gasteiger partial charge on any atom is -0.465 e. The second kappa shape index (κ2) is 12.0. The molecule has 1 atom stereocenters. The van der Waals surface area contributed by atoms with Gasteiger partial charge in [0.2, 0.25) is 0 Å². The van der Waals surface area contributed by atoms with Crippen LogP contribution in [0.3, 0.4) is 0 Å². The van der Waals surface area contributed by atoms with Gasteiger partial charge in [0.05, 0.1) is 6.61 Å². The highest BCUT2D eigenvalue weighted by molar-refractivity contribution is 7.87. The fraction of sp³-hybridized carbons (Fsp3) is 0.933. The van der Waals surface area contributed by atoms with Crippen LogP contribution in [-0.4, -0.2) is 30.8 Å². The van der Waals surface area contributed by atoms with Crippen LogP contribution in [0, 0.1) is 0 Å². The number of esters is 1. The van der Waals surface area contributed by atoms with E-state index in [1.807, 2.05) is 6.92 Å². The fourth-order valence-electron chi connectivity index (χ4n) is 2.15. The number of ether oxygens (including phenoxy) is 1. The lowest BCUT2D eigenvalue weighted by molar-refractivity contribution is -0.143. The molecule has 6 heteroatoms. The molecule has 21 heavy (non-hydrogen) atoms. The number of carbonyl (C=O) groups is 1. The van der Waals surface area contributed by atoms with Crippen molar-refractivity contribution < 1.29 is 22.5 Å². The molecule has 0 aromatic carbocycles. The SMILES string of the molecule is CCCCCCCCCCC(C(=O)OCCC)S(=O)(=O)O. The maximum Gasteiger partial charge on any atom is 0.326 e. The molecule has 0 bridgehead atoms. The molecule has 1 unspecified atom stereocenters. The molecule has 0 saturated heterocycles. The molecule has 0 amide bonds. The maximum absolute atomic E-state index is 11.6. The third-order valence-electron chi connectivity index (χ3n) is 3.39. The predicted molar refractivity (Wildman–Crippen MR) is 83.8 cm³/mol. The molecule has 0 aliphatic carbocycles. The maximum atomic E-state index is 11.6. The zero-order valence-electron chi connectivity index (χ0n) is 13.3. The Morgan fingerprint density at radius 1 is 0.952 bits per heavy atom. The van der Waals surface area contributed by atoms with Crippen molar-refractivity contribution in [2.75, 3.05) is 6.61 Å². The zero-order valence-corrected chi connectivity index (χ0v) is 14.2. The summed E-state index contributed by atoms with van der Waals surface area (Å²) in [5, 5.41) is -1.43. The molecule has 0 radical (unpaired) electrons. The Morgan fingerprint density at radius 3 is 1.95 bits per heavy atom. The first-order chi connectivity index (χ1) is 9.93. The standard InChI is InChI=1S/C15H30O5S/c1-3-5-6-7-8-9-10-11-12-14(21(17,18)19)15(16)20-13-4-2/h14H,3-13H2,1-2H3,(H,17,18,19). The minimum absolute atomic E-state index is 0.135. The molecular formula is C15H30O5S. The number of rotatable bonds is 13. The zero-order chi connectivity index (χ0) is 16.1. The van der Waals surface area contributed by atoms with Crippen molar-refractivity contribution in [3.8, 4) is 0 Å². The van der Waals surface area contributed by atoms with Crippen LogP contribution in [0.1, 0.15) is 78.1 Å². The first-order valence-corrected chi connectivity index (χ1v) is 9.56. The van der Waals surface area contributed by atoms with Gasteiger partial charge in [-0.15, -0.1) is 0 Å². The first kappa shape index (κ1) is 20.4. The molecule has 0 aromatic rings. The van der Waals surface area contributed by atoms with Gasteiger partial charge in [-0.25, -0.2) is 0 Å². The summed E-state index contributed by atoms with van der Waals surface area (Å²) >= 11 is 0. The summed E-state index contributed by atoms with van der Waals surface area (Å²) in [6.07, 6.45) is 9.34. The smallest absolute Gasteiger partial charge is 0.326 e. The van der Waals surface area contributed by atoms with Gasteiger partial charge in [-0.1, -0.05) is 65.2 Å². The Balaban J connectivity index is 3.96. The summed E-state index contributed by atoms with van der Waals surface area (Å²) < 4.78 is 36.4. The van der Waals surface area contributed by atoms with Gasteiger partial charge in [-0.2, -0.15) is 8.42 Å². The monoisotopic (exact) mass is 322 g/mol. The topological polar surface area (TPSA) is 80.7 Å². The Hall–Kier alpha value is -0.620. The van der Waals surface area contributed by atoms with E-state index in [4.69, 9.17) is 9.29 Å². The summed E-state index contributed by atoms with van der Waals surface area (Å²) in [6.45, 7) is 4.18. The average molecular weight is 322 g/mol. The molecule has 0 aliphatic heterocycles. The van der Waals surface area contributed by atoms with Gasteiger partial charge in [-0.3, -0.25) is 9.35 Å². The van der Waals surface area contributed by atoms with Crippen LogP contribution in [0.15, 0.2) is 0 Å². The van der Waals surface area contributed by atoms with Crippen LogP contribution in [-0.2, 0) is 19.6 Å². The summed E-state index contributed by atoms with van der Waals surface area (Å²) in [5.74, 6) is -0.831. The summed E-state index contributed by atoms with van der Waals surface area (Å²) in [4.78, 5) is 11.6. The lowest BCUT2D eigenvalue weighted by atomic mass is 10.1. The van der Waals surface area contributed by atoms with E-state index in [9.17, 15) is 13.2 Å². The highest BCUT2D eigenvalue weighted by atomic mass is 32.2. The van der Waals surface area contributed by atoms with Gasteiger partial charge in [0, 0.05) is 0 Å². The van der Waals surface area contributed by atoms with E-state index in [0.29, 0.717) is 12.8 Å². The van der Waals surface area contributed by atoms with E-state index < -0.39 is 21.3 Å². The summed E-state index contributed by atoms with van der Waals surface area (Å²) in [5.41, 5.74) is 0. The Kier molecular flexibility index (Phi) is 11.6. The quantitative estimate of drug-likeness (QED) is 0.317. The number of carbonyl (C=O) groups excluding carboxylic acids is 1. The van der Waals surface area contributed by atoms with Gasteiger partial charge in [0.1, 0.15) is 0 Å². The van der Waals surface area contributed by atoms with Crippen molar-refractivity contribution in [3.05, 3.63) is 0 Å². The van der Waals surface area contributed by atoms with Crippen LogP contribution in [0.25, 0.3) is 0 Å². The van der Waals surface area contributed by atoms with Crippen LogP contribution in [0.4, 0.5) is 0 Å². The van der Waals surface area contributed by atoms with Crippen molar-refractivity contribution in [2.45, 2.75) is 83.3 Å². The van der Waals surface area contributed by atoms with Gasteiger partial charge in [-0.05, 0) is 12.8 Å². The lowest BCUT2D eigenvalue weighted by Crippen LogP contribution is -2.31. The van der Waals surface area contributed by atoms with E-state index in [0.717, 1.165) is 19.3 Å². The van der Waals surface area contributed by atoms with E-state index >= 15 is 0 Å². The third-order valence-corrected chi connectivity index (χ3v) is 4.54. The van der Waals surface area contributed by atoms with Crippen LogP contribution < -0.4 is 0 Å². The normalized spacial score (nSPS) is 13.1. The van der Waals surface area contributed by atoms with Crippen LogP contribution >= 0.6 is 0 Å². The predicted octanol–water partition coefficient (Wildman–Crippen LogP) is 3.73. The van der Waals surface area contributed by atoms with E-state index in [1.54, 1.807) is 0 Å². The summed E-state index contributed by atoms with van der Waals surface area (Å²) in [7, 11) is -4.37. The van der Waals surface area contributed by atoms with Crippen molar-refractivity contribution in [2.24, 2.45) is 0 Å². The third kappa shape index (κ3) is 10.7. The number of hydrogen-bond acceptors (Lipinski definition) is 4. The molecule has 0 aromatic heterocycles. The van der Waals surface area contributed by atoms with E-state index in [2.05, 4.69) is 6.92 Å². The molecular weight excluding hydrogens is 292 g/mol. The second-order valence-corrected chi connectivity index (χ2v) is 7.03. The molecule has 0 heterocycles. The molecule has 5 nitrogen and oxygen atoms in total. The molecule has 0 fully saturated rings. The number of unbranched alkanes of at least 4 members (excludes halogenated alkanes) is 7. The first-order valence-electron chi connectivity index (χ1n) is 8.06. The van der Waals surface area contributed by atoms with E-state index in [1.165, 1.54) is 25.7 Å². The van der Waals surface area contributed by atoms with Crippen LogP contribution in [0.5, 0.6) is 0 Å². The van der Waals surface area contributed by atoms with Gasteiger partial charge in [0.25, 0.3) is 10.1 Å². The Bertz CT molecular complexity index is 364. The van der Waals surface area contributed by atoms with Gasteiger partial charge >= 0.3 is 5.97 Å². The van der Waals surface area contributed by atoms with Crippen LogP contribution in [0.2, 0.25) is 0 Å². The molecule has 1 N–H and O–H groups in total. The second-order valence-electron chi connectivity index (χ2n) is 5.43. The Labute approximate surface area is 129 Å². The molecule has 0 spiro atoms. The summed E-state index contributed by atoms with van der Waals surface area (Å²) in [6, 6.07) is 0. The van der Waals surface area contributed by atoms with Gasteiger partial charge in [0.15, 0.2) is 5.25 Å². The number of hydrogen-bond donors (Lipinski definition) is 1. The van der Waals surface area contributed by atoms with Crippen molar-refractivity contribution in [3.63, 3.8) is 0 Å². The fourth-order valence-corrected chi connectivity index (χ4v) is 2.92. The highest BCUT2D eigenvalue weighted by Crippen LogP contribution is 2.15. The van der Waals surface area contributed by atoms with E-state index in [-0.39, 0.29) is 13.0 Å². The lowest BCUT2D eigenvalue weighted by Gasteiger charge is -2.12. The molecule has 126 valence electrons. The van der Waals surface area contributed by atoms with Crippen molar-refractivity contribution >= 4 is 16.1 Å². The molecule has 0 saturated carbocycles. The molecule has 0 aliphatic rings. The van der Waals surface area contributed by atoms with Gasteiger partial charge < -0.3 is 4.74 Å². The average Bonchev–Trinajstić information content (AvgIpc) is 2.41.